The van der Waals surface area contributed by atoms with Gasteiger partial charge >= 0.3 is 5.97 Å². The molecule has 1 unspecified atom stereocenters. The number of hydrogen-bond donors (Lipinski definition) is 2. The minimum atomic E-state index is -0.839. The molecule has 0 bridgehead atoms. The van der Waals surface area contributed by atoms with E-state index in [1.807, 2.05) is 60.7 Å². The van der Waals surface area contributed by atoms with Gasteiger partial charge in [-0.3, -0.25) is 9.79 Å². The first-order chi connectivity index (χ1) is 17.1. The molecule has 5 nitrogen and oxygen atoms in total. The topological polar surface area (TPSA) is 70.9 Å². The summed E-state index contributed by atoms with van der Waals surface area (Å²) in [6.07, 6.45) is 2.87. The van der Waals surface area contributed by atoms with Crippen molar-refractivity contribution in [3.05, 3.63) is 113 Å². The Labute approximate surface area is 207 Å². The number of carboxylic acid groups (broad SMARTS) is 1. The molecule has 35 heavy (non-hydrogen) atoms. The molecule has 5 heteroatoms. The minimum Gasteiger partial charge on any atom is -0.493 e. The van der Waals surface area contributed by atoms with Crippen LogP contribution in [-0.2, 0) is 17.6 Å². The Bertz CT molecular complexity index is 1170. The number of hydrogen-bond acceptors (Lipinski definition) is 4. The van der Waals surface area contributed by atoms with Crippen LogP contribution in [0.2, 0.25) is 0 Å². The Morgan fingerprint density at radius 3 is 2.31 bits per heavy atom. The molecular formula is C30H32N2O3. The highest BCUT2D eigenvalue weighted by Crippen LogP contribution is 2.25. The predicted octanol–water partition coefficient (Wildman–Crippen LogP) is 5.45. The Hall–Kier alpha value is -3.70. The molecule has 1 atom stereocenters. The van der Waals surface area contributed by atoms with E-state index in [4.69, 9.17) is 9.73 Å². The number of carbonyl (C=O) groups is 1. The molecule has 0 fully saturated rings. The summed E-state index contributed by atoms with van der Waals surface area (Å²) in [5.41, 5.74) is 6.84. The highest BCUT2D eigenvalue weighted by Gasteiger charge is 2.18. The van der Waals surface area contributed by atoms with E-state index in [0.29, 0.717) is 19.6 Å². The molecule has 1 aliphatic rings. The van der Waals surface area contributed by atoms with Crippen molar-refractivity contribution in [2.75, 3.05) is 13.2 Å². The van der Waals surface area contributed by atoms with E-state index >= 15 is 0 Å². The molecular weight excluding hydrogens is 436 g/mol. The van der Waals surface area contributed by atoms with Crippen molar-refractivity contribution in [3.8, 4) is 5.75 Å². The van der Waals surface area contributed by atoms with Crippen molar-refractivity contribution in [3.63, 3.8) is 0 Å². The molecule has 0 spiro atoms. The number of ether oxygens (including phenoxy) is 1. The fourth-order valence-corrected chi connectivity index (χ4v) is 4.22. The lowest BCUT2D eigenvalue weighted by molar-refractivity contribution is -0.139. The third-order valence-corrected chi connectivity index (χ3v) is 6.22. The maximum Gasteiger partial charge on any atom is 0.321 e. The van der Waals surface area contributed by atoms with E-state index in [-0.39, 0.29) is 0 Å². The first-order valence-electron chi connectivity index (χ1n) is 12.1. The van der Waals surface area contributed by atoms with Gasteiger partial charge in [0.05, 0.1) is 12.3 Å². The number of benzene rings is 3. The Morgan fingerprint density at radius 2 is 1.63 bits per heavy atom. The van der Waals surface area contributed by atoms with Crippen LogP contribution in [0.4, 0.5) is 0 Å². The van der Waals surface area contributed by atoms with Crippen LogP contribution in [0.5, 0.6) is 5.75 Å². The molecule has 0 saturated heterocycles. The van der Waals surface area contributed by atoms with Crippen LogP contribution in [0.3, 0.4) is 0 Å². The highest BCUT2D eigenvalue weighted by molar-refractivity contribution is 6.04. The van der Waals surface area contributed by atoms with Crippen LogP contribution in [0, 0.1) is 0 Å². The lowest BCUT2D eigenvalue weighted by atomic mass is 10.0. The number of aliphatic carboxylic acids is 1. The second-order valence-corrected chi connectivity index (χ2v) is 8.86. The summed E-state index contributed by atoms with van der Waals surface area (Å²) in [5, 5.41) is 12.8. The van der Waals surface area contributed by atoms with Gasteiger partial charge in [0.25, 0.3) is 0 Å². The van der Waals surface area contributed by atoms with Gasteiger partial charge in [-0.25, -0.2) is 0 Å². The predicted molar refractivity (Wildman–Crippen MR) is 140 cm³/mol. The number of aliphatic imine (C=N–C) groups is 1. The summed E-state index contributed by atoms with van der Waals surface area (Å²) in [5.74, 6) is -0.0600. The van der Waals surface area contributed by atoms with Crippen LogP contribution < -0.4 is 10.1 Å². The van der Waals surface area contributed by atoms with Gasteiger partial charge in [-0.15, -0.1) is 0 Å². The van der Waals surface area contributed by atoms with Gasteiger partial charge < -0.3 is 15.2 Å². The molecule has 0 radical (unpaired) electrons. The van der Waals surface area contributed by atoms with Crippen molar-refractivity contribution in [2.45, 2.75) is 38.6 Å². The molecule has 0 aromatic heterocycles. The minimum absolute atomic E-state index is 0.424. The number of carboxylic acids is 1. The summed E-state index contributed by atoms with van der Waals surface area (Å²) in [6, 6.07) is 27.4. The van der Waals surface area contributed by atoms with Gasteiger partial charge in [-0.05, 0) is 60.7 Å². The number of nitrogens with one attached hydrogen (secondary N) is 1. The fraction of sp³-hybridized carbons (Fsp3) is 0.267. The third kappa shape index (κ3) is 7.14. The lowest BCUT2D eigenvalue weighted by Gasteiger charge is -2.15. The Morgan fingerprint density at radius 1 is 0.943 bits per heavy atom. The molecule has 0 aliphatic carbocycles. The molecule has 2 N–H and O–H groups in total. The summed E-state index contributed by atoms with van der Waals surface area (Å²) >= 11 is 0. The SMILES string of the molecule is CC1=C(CCOc2ccc(CC(NCCc3ccccc3)C(=O)O)cc2)N=C(c2ccccc2)C1. The van der Waals surface area contributed by atoms with Gasteiger partial charge in [0.1, 0.15) is 11.8 Å². The largest absolute Gasteiger partial charge is 0.493 e. The summed E-state index contributed by atoms with van der Waals surface area (Å²) in [4.78, 5) is 16.5. The zero-order valence-corrected chi connectivity index (χ0v) is 20.1. The molecule has 3 aromatic rings. The van der Waals surface area contributed by atoms with Gasteiger partial charge in [0, 0.05) is 18.5 Å². The molecule has 0 saturated carbocycles. The zero-order chi connectivity index (χ0) is 24.5. The van der Waals surface area contributed by atoms with Gasteiger partial charge in [0.2, 0.25) is 0 Å². The Kier molecular flexibility index (Phi) is 8.47. The van der Waals surface area contributed by atoms with E-state index in [2.05, 4.69) is 36.5 Å². The molecule has 0 amide bonds. The summed E-state index contributed by atoms with van der Waals surface area (Å²) in [7, 11) is 0. The first kappa shape index (κ1) is 24.4. The normalized spacial score (nSPS) is 14.0. The van der Waals surface area contributed by atoms with Gasteiger partial charge in [-0.1, -0.05) is 72.8 Å². The summed E-state index contributed by atoms with van der Waals surface area (Å²) < 4.78 is 5.94. The van der Waals surface area contributed by atoms with Crippen LogP contribution >= 0.6 is 0 Å². The number of nitrogens with zero attached hydrogens (tertiary/aromatic N) is 1. The maximum absolute atomic E-state index is 11.7. The van der Waals surface area contributed by atoms with E-state index in [1.165, 1.54) is 16.7 Å². The van der Waals surface area contributed by atoms with E-state index in [9.17, 15) is 9.90 Å². The Balaban J connectivity index is 1.24. The van der Waals surface area contributed by atoms with E-state index in [1.54, 1.807) is 0 Å². The highest BCUT2D eigenvalue weighted by atomic mass is 16.5. The smallest absolute Gasteiger partial charge is 0.321 e. The molecule has 4 rings (SSSR count). The van der Waals surface area contributed by atoms with Crippen molar-refractivity contribution in [2.24, 2.45) is 4.99 Å². The van der Waals surface area contributed by atoms with E-state index in [0.717, 1.165) is 42.0 Å². The summed E-state index contributed by atoms with van der Waals surface area (Å²) in [6.45, 7) is 3.30. The average molecular weight is 469 g/mol. The third-order valence-electron chi connectivity index (χ3n) is 6.22. The van der Waals surface area contributed by atoms with Crippen LogP contribution in [-0.4, -0.2) is 36.0 Å². The number of allylic oxidation sites excluding steroid dienone is 1. The fourth-order valence-electron chi connectivity index (χ4n) is 4.22. The standard InChI is InChI=1S/C30H32N2O3/c1-22-20-28(25-10-6-3-7-11-25)32-27(22)17-19-35-26-14-12-24(13-15-26)21-29(30(33)34)31-18-16-23-8-4-2-5-9-23/h2-15,29,31H,16-21H2,1H3,(H,33,34). The first-order valence-corrected chi connectivity index (χ1v) is 12.1. The van der Waals surface area contributed by atoms with Crippen molar-refractivity contribution < 1.29 is 14.6 Å². The monoisotopic (exact) mass is 468 g/mol. The van der Waals surface area contributed by atoms with Crippen LogP contribution in [0.25, 0.3) is 0 Å². The quantitative estimate of drug-likeness (QED) is 0.371. The lowest BCUT2D eigenvalue weighted by Crippen LogP contribution is -2.39. The molecule has 1 heterocycles. The van der Waals surface area contributed by atoms with Gasteiger partial charge in [-0.2, -0.15) is 0 Å². The van der Waals surface area contributed by atoms with Crippen molar-refractivity contribution in [1.82, 2.24) is 5.32 Å². The molecule has 180 valence electrons. The second kappa shape index (κ2) is 12.1. The average Bonchev–Trinajstić information content (AvgIpc) is 3.26. The van der Waals surface area contributed by atoms with Gasteiger partial charge in [0.15, 0.2) is 0 Å². The maximum atomic E-state index is 11.7. The molecule has 1 aliphatic heterocycles. The van der Waals surface area contributed by atoms with Crippen molar-refractivity contribution in [1.29, 1.82) is 0 Å². The van der Waals surface area contributed by atoms with Crippen LogP contribution in [0.15, 0.2) is 101 Å². The van der Waals surface area contributed by atoms with E-state index < -0.39 is 12.0 Å². The zero-order valence-electron chi connectivity index (χ0n) is 20.1. The van der Waals surface area contributed by atoms with Crippen LogP contribution in [0.1, 0.15) is 36.5 Å². The number of rotatable bonds is 12. The second-order valence-electron chi connectivity index (χ2n) is 8.86. The van der Waals surface area contributed by atoms with Crippen molar-refractivity contribution >= 4 is 11.7 Å². The molecule has 3 aromatic carbocycles.